The van der Waals surface area contributed by atoms with E-state index < -0.39 is 0 Å². The number of unbranched alkanes of at least 4 members (excludes halogenated alkanes) is 2. The summed E-state index contributed by atoms with van der Waals surface area (Å²) in [4.78, 5) is 35.2. The third-order valence-corrected chi connectivity index (χ3v) is 2.49. The molecule has 0 aromatic carbocycles. The van der Waals surface area contributed by atoms with Crippen molar-refractivity contribution in [3.63, 3.8) is 0 Å². The molecule has 0 amide bonds. The first kappa shape index (κ1) is 14.2. The van der Waals surface area contributed by atoms with Crippen LogP contribution in [0.2, 0.25) is 0 Å². The molecule has 1 N–H and O–H groups in total. The van der Waals surface area contributed by atoms with Crippen LogP contribution in [0.4, 0.5) is 0 Å². The molecule has 6 heteroatoms. The van der Waals surface area contributed by atoms with Crippen molar-refractivity contribution >= 4 is 5.97 Å². The molecule has 0 saturated heterocycles. The number of rotatable bonds is 7. The molecule has 0 fully saturated rings. The first-order chi connectivity index (χ1) is 8.63. The summed E-state index contributed by atoms with van der Waals surface area (Å²) in [6.07, 6.45) is 4.33. The Morgan fingerprint density at radius 2 is 2.11 bits per heavy atom. The fraction of sp³-hybridized carbons (Fsp3) is 0.583. The van der Waals surface area contributed by atoms with Gasteiger partial charge in [0.2, 0.25) is 0 Å². The Kier molecular flexibility index (Phi) is 5.90. The van der Waals surface area contributed by atoms with Crippen molar-refractivity contribution in [2.24, 2.45) is 0 Å². The van der Waals surface area contributed by atoms with Crippen LogP contribution in [0.25, 0.3) is 0 Å². The van der Waals surface area contributed by atoms with E-state index in [0.717, 1.165) is 19.3 Å². The molecule has 6 nitrogen and oxygen atoms in total. The second-order valence-corrected chi connectivity index (χ2v) is 3.94. The molecule has 0 aliphatic carbocycles. The molecule has 0 aliphatic heterocycles. The topological polar surface area (TPSA) is 81.2 Å². The number of H-pyrrole nitrogens is 1. The summed E-state index contributed by atoms with van der Waals surface area (Å²) >= 11 is 0. The van der Waals surface area contributed by atoms with E-state index in [0.29, 0.717) is 19.6 Å². The van der Waals surface area contributed by atoms with Crippen molar-refractivity contribution in [1.29, 1.82) is 0 Å². The highest BCUT2D eigenvalue weighted by molar-refractivity contribution is 5.68. The lowest BCUT2D eigenvalue weighted by atomic mass is 10.2. The largest absolute Gasteiger partial charge is 0.466 e. The number of aromatic nitrogens is 2. The zero-order chi connectivity index (χ0) is 13.4. The van der Waals surface area contributed by atoms with Gasteiger partial charge >= 0.3 is 11.7 Å². The van der Waals surface area contributed by atoms with Crippen LogP contribution >= 0.6 is 0 Å². The third kappa shape index (κ3) is 4.99. The Morgan fingerprint density at radius 3 is 2.78 bits per heavy atom. The second-order valence-electron chi connectivity index (χ2n) is 3.94. The number of hydrogen-bond donors (Lipinski definition) is 1. The van der Waals surface area contributed by atoms with E-state index in [-0.39, 0.29) is 17.2 Å². The second kappa shape index (κ2) is 7.47. The van der Waals surface area contributed by atoms with E-state index in [1.54, 1.807) is 6.92 Å². The van der Waals surface area contributed by atoms with E-state index in [1.807, 2.05) is 0 Å². The van der Waals surface area contributed by atoms with Crippen LogP contribution in [0, 0.1) is 0 Å². The average molecular weight is 254 g/mol. The van der Waals surface area contributed by atoms with Crippen LogP contribution in [0.3, 0.4) is 0 Å². The van der Waals surface area contributed by atoms with Gasteiger partial charge in [-0.25, -0.2) is 4.79 Å². The van der Waals surface area contributed by atoms with Gasteiger partial charge in [0.15, 0.2) is 0 Å². The number of nitrogens with one attached hydrogen (secondary N) is 1. The Hall–Kier alpha value is -1.85. The molecule has 1 heterocycles. The molecule has 0 bridgehead atoms. The summed E-state index contributed by atoms with van der Waals surface area (Å²) in [6, 6.07) is 1.32. The summed E-state index contributed by atoms with van der Waals surface area (Å²) in [6.45, 7) is 2.73. The molecule has 18 heavy (non-hydrogen) atoms. The maximum atomic E-state index is 11.3. The SMILES string of the molecule is CCC(=O)OCCCCCn1ccc(=O)[nH]c1=O. The van der Waals surface area contributed by atoms with Crippen LogP contribution in [-0.4, -0.2) is 22.1 Å². The fourth-order valence-electron chi connectivity index (χ4n) is 1.47. The molecule has 0 atom stereocenters. The standard InChI is InChI=1S/C12H18N2O4/c1-2-11(16)18-9-5-3-4-7-14-8-6-10(15)13-12(14)17/h6,8H,2-5,7,9H2,1H3,(H,13,15,17). The maximum Gasteiger partial charge on any atom is 0.328 e. The summed E-state index contributed by atoms with van der Waals surface area (Å²) < 4.78 is 6.39. The van der Waals surface area contributed by atoms with E-state index in [9.17, 15) is 14.4 Å². The minimum absolute atomic E-state index is 0.188. The fourth-order valence-corrected chi connectivity index (χ4v) is 1.47. The van der Waals surface area contributed by atoms with E-state index in [1.165, 1.54) is 16.8 Å². The highest BCUT2D eigenvalue weighted by atomic mass is 16.5. The number of hydrogen-bond acceptors (Lipinski definition) is 4. The minimum Gasteiger partial charge on any atom is -0.466 e. The van der Waals surface area contributed by atoms with Crippen LogP contribution in [0.15, 0.2) is 21.9 Å². The average Bonchev–Trinajstić information content (AvgIpc) is 2.35. The molecule has 0 unspecified atom stereocenters. The van der Waals surface area contributed by atoms with Gasteiger partial charge in [0.05, 0.1) is 6.61 Å². The molecule has 0 saturated carbocycles. The Morgan fingerprint density at radius 1 is 1.33 bits per heavy atom. The predicted molar refractivity (Wildman–Crippen MR) is 66.4 cm³/mol. The van der Waals surface area contributed by atoms with E-state index >= 15 is 0 Å². The normalized spacial score (nSPS) is 10.3. The van der Waals surface area contributed by atoms with E-state index in [4.69, 9.17) is 4.74 Å². The highest BCUT2D eigenvalue weighted by Gasteiger charge is 1.99. The van der Waals surface area contributed by atoms with Crippen molar-refractivity contribution in [1.82, 2.24) is 9.55 Å². The van der Waals surface area contributed by atoms with Crippen LogP contribution in [0.5, 0.6) is 0 Å². The van der Waals surface area contributed by atoms with Crippen molar-refractivity contribution < 1.29 is 9.53 Å². The number of carbonyl (C=O) groups is 1. The minimum atomic E-state index is -0.389. The van der Waals surface area contributed by atoms with Gasteiger partial charge in [-0.2, -0.15) is 0 Å². The molecular weight excluding hydrogens is 236 g/mol. The summed E-state index contributed by atoms with van der Waals surface area (Å²) in [5.41, 5.74) is -0.775. The van der Waals surface area contributed by atoms with Gasteiger partial charge in [-0.3, -0.25) is 14.6 Å². The van der Waals surface area contributed by atoms with E-state index in [2.05, 4.69) is 4.98 Å². The van der Waals surface area contributed by atoms with Crippen LogP contribution in [-0.2, 0) is 16.1 Å². The number of esters is 1. The molecule has 0 radical (unpaired) electrons. The first-order valence-corrected chi connectivity index (χ1v) is 6.09. The molecule has 1 aromatic heterocycles. The van der Waals surface area contributed by atoms with Gasteiger partial charge in [0.25, 0.3) is 5.56 Å². The van der Waals surface area contributed by atoms with Crippen LogP contribution < -0.4 is 11.2 Å². The molecule has 100 valence electrons. The monoisotopic (exact) mass is 254 g/mol. The molecule has 1 aromatic rings. The zero-order valence-electron chi connectivity index (χ0n) is 10.5. The highest BCUT2D eigenvalue weighted by Crippen LogP contribution is 1.98. The lowest BCUT2D eigenvalue weighted by Gasteiger charge is -2.05. The molecule has 1 rings (SSSR count). The van der Waals surface area contributed by atoms with Crippen molar-refractivity contribution in [2.75, 3.05) is 6.61 Å². The smallest absolute Gasteiger partial charge is 0.328 e. The first-order valence-electron chi connectivity index (χ1n) is 6.09. The van der Waals surface area contributed by atoms with Crippen molar-refractivity contribution in [3.8, 4) is 0 Å². The van der Waals surface area contributed by atoms with Gasteiger partial charge in [-0.1, -0.05) is 6.92 Å². The number of aryl methyl sites for hydroxylation is 1. The Bertz CT molecular complexity index is 489. The molecule has 0 spiro atoms. The number of ether oxygens (including phenoxy) is 1. The zero-order valence-corrected chi connectivity index (χ0v) is 10.5. The Balaban J connectivity index is 2.20. The number of carbonyl (C=O) groups excluding carboxylic acids is 1. The summed E-state index contributed by atoms with van der Waals surface area (Å²) in [5, 5.41) is 0. The van der Waals surface area contributed by atoms with Gasteiger partial charge < -0.3 is 9.30 Å². The lowest BCUT2D eigenvalue weighted by Crippen LogP contribution is -2.28. The number of nitrogens with zero attached hydrogens (tertiary/aromatic N) is 1. The van der Waals surface area contributed by atoms with Crippen molar-refractivity contribution in [3.05, 3.63) is 33.1 Å². The van der Waals surface area contributed by atoms with Crippen molar-refractivity contribution in [2.45, 2.75) is 39.2 Å². The van der Waals surface area contributed by atoms with Gasteiger partial charge in [-0.05, 0) is 19.3 Å². The predicted octanol–water partition coefficient (Wildman–Crippen LogP) is 0.660. The summed E-state index contributed by atoms with van der Waals surface area (Å²) in [5.74, 6) is -0.188. The molecular formula is C12H18N2O4. The quantitative estimate of drug-likeness (QED) is 0.572. The maximum absolute atomic E-state index is 11.3. The van der Waals surface area contributed by atoms with Gasteiger partial charge in [-0.15, -0.1) is 0 Å². The molecule has 0 aliphatic rings. The van der Waals surface area contributed by atoms with Gasteiger partial charge in [0, 0.05) is 25.2 Å². The lowest BCUT2D eigenvalue weighted by molar-refractivity contribution is -0.143. The van der Waals surface area contributed by atoms with Crippen LogP contribution in [0.1, 0.15) is 32.6 Å². The Labute approximate surface area is 105 Å². The summed E-state index contributed by atoms with van der Waals surface area (Å²) in [7, 11) is 0. The third-order valence-electron chi connectivity index (χ3n) is 2.49. The number of aromatic amines is 1. The van der Waals surface area contributed by atoms with Gasteiger partial charge in [0.1, 0.15) is 0 Å².